The number of aromatic nitrogens is 2. The molecule has 0 radical (unpaired) electrons. The van der Waals surface area contributed by atoms with Crippen LogP contribution >= 0.6 is 23.2 Å². The fourth-order valence-corrected chi connectivity index (χ4v) is 2.84. The number of rotatable bonds is 3. The molecule has 0 aliphatic rings. The Labute approximate surface area is 146 Å². The number of anilines is 1. The molecule has 0 atom stereocenters. The normalized spacial score (nSPS) is 11.0. The molecule has 0 unspecified atom stereocenters. The average Bonchev–Trinajstić information content (AvgIpc) is 2.55. The van der Waals surface area contributed by atoms with Crippen molar-refractivity contribution in [3.05, 3.63) is 62.4 Å². The van der Waals surface area contributed by atoms with Gasteiger partial charge in [0.15, 0.2) is 5.75 Å². The number of phenols is 1. The fourth-order valence-electron chi connectivity index (χ4n) is 2.30. The van der Waals surface area contributed by atoms with Crippen molar-refractivity contribution < 1.29 is 9.50 Å². The van der Waals surface area contributed by atoms with Crippen molar-refractivity contribution in [2.24, 2.45) is 7.05 Å². The summed E-state index contributed by atoms with van der Waals surface area (Å²) < 4.78 is 14.3. The van der Waals surface area contributed by atoms with E-state index < -0.39 is 5.56 Å². The first kappa shape index (κ1) is 16.5. The molecular weight excluding hydrogens is 356 g/mol. The van der Waals surface area contributed by atoms with Crippen molar-refractivity contribution in [1.29, 1.82) is 0 Å². The second kappa shape index (κ2) is 6.30. The third-order valence-corrected chi connectivity index (χ3v) is 4.21. The Morgan fingerprint density at radius 2 is 1.92 bits per heavy atom. The van der Waals surface area contributed by atoms with Crippen LogP contribution in [0.3, 0.4) is 0 Å². The molecule has 3 aromatic rings. The van der Waals surface area contributed by atoms with Gasteiger partial charge in [0.05, 0.1) is 22.0 Å². The summed E-state index contributed by atoms with van der Waals surface area (Å²) in [5.41, 5.74) is 0.318. The summed E-state index contributed by atoms with van der Waals surface area (Å²) in [6.07, 6.45) is 0. The van der Waals surface area contributed by atoms with Crippen molar-refractivity contribution in [2.75, 3.05) is 5.32 Å². The predicted molar refractivity (Wildman–Crippen MR) is 92.4 cm³/mol. The Balaban J connectivity index is 2.05. The number of benzene rings is 2. The van der Waals surface area contributed by atoms with Gasteiger partial charge in [-0.1, -0.05) is 23.2 Å². The maximum absolute atomic E-state index is 12.9. The molecule has 0 saturated heterocycles. The van der Waals surface area contributed by atoms with Crippen LogP contribution in [-0.2, 0) is 13.6 Å². The quantitative estimate of drug-likeness (QED) is 0.740. The molecule has 124 valence electrons. The molecule has 0 aliphatic heterocycles. The van der Waals surface area contributed by atoms with E-state index in [0.29, 0.717) is 11.5 Å². The summed E-state index contributed by atoms with van der Waals surface area (Å²) >= 11 is 11.9. The lowest BCUT2D eigenvalue weighted by molar-refractivity contribution is 0.480. The Kier molecular flexibility index (Phi) is 4.34. The molecule has 24 heavy (non-hydrogen) atoms. The van der Waals surface area contributed by atoms with Crippen LogP contribution in [0.2, 0.25) is 10.0 Å². The van der Waals surface area contributed by atoms with Crippen LogP contribution in [-0.4, -0.2) is 14.7 Å². The second-order valence-electron chi connectivity index (χ2n) is 5.17. The van der Waals surface area contributed by atoms with E-state index in [1.807, 2.05) is 0 Å². The number of fused-ring (bicyclic) bond motifs is 1. The minimum atomic E-state index is -0.395. The Morgan fingerprint density at radius 3 is 2.58 bits per heavy atom. The number of nitrogens with one attached hydrogen (secondary N) is 1. The van der Waals surface area contributed by atoms with E-state index in [1.165, 1.54) is 22.8 Å². The minimum absolute atomic E-state index is 0.0192. The molecule has 2 N–H and O–H groups in total. The van der Waals surface area contributed by atoms with E-state index in [0.717, 1.165) is 0 Å². The van der Waals surface area contributed by atoms with Gasteiger partial charge in [-0.05, 0) is 30.3 Å². The molecule has 0 fully saturated rings. The molecule has 0 amide bonds. The molecule has 0 bridgehead atoms. The molecule has 1 aromatic heterocycles. The molecular formula is C16H12Cl2FN3O2. The molecule has 8 heteroatoms. The molecule has 2 aromatic carbocycles. The van der Waals surface area contributed by atoms with Gasteiger partial charge in [-0.3, -0.25) is 9.36 Å². The zero-order valence-corrected chi connectivity index (χ0v) is 14.0. The summed E-state index contributed by atoms with van der Waals surface area (Å²) in [5.74, 6) is -0.270. The van der Waals surface area contributed by atoms with Crippen molar-refractivity contribution in [1.82, 2.24) is 9.55 Å². The Bertz CT molecular complexity index is 988. The van der Waals surface area contributed by atoms with Gasteiger partial charge in [-0.15, -0.1) is 0 Å². The summed E-state index contributed by atoms with van der Waals surface area (Å²) in [5, 5.41) is 13.4. The number of hydrogen-bond acceptors (Lipinski definition) is 4. The highest BCUT2D eigenvalue weighted by molar-refractivity contribution is 6.39. The standard InChI is InChI=1S/C16H12Cl2FN3O2/c1-22-12(7-20-9-4-2-8(19)3-5-9)21-14-13(16(22)24)10(17)6-11(18)15(14)23/h2-6,20,23H,7H2,1H3. The van der Waals surface area contributed by atoms with Gasteiger partial charge in [0, 0.05) is 12.7 Å². The van der Waals surface area contributed by atoms with Gasteiger partial charge in [0.1, 0.15) is 17.2 Å². The Morgan fingerprint density at radius 1 is 1.25 bits per heavy atom. The van der Waals surface area contributed by atoms with Crippen LogP contribution in [0, 0.1) is 5.82 Å². The molecule has 5 nitrogen and oxygen atoms in total. The first-order valence-corrected chi connectivity index (χ1v) is 7.70. The van der Waals surface area contributed by atoms with Gasteiger partial charge in [0.2, 0.25) is 0 Å². The summed E-state index contributed by atoms with van der Waals surface area (Å²) in [7, 11) is 1.55. The maximum Gasteiger partial charge on any atom is 0.262 e. The van der Waals surface area contributed by atoms with E-state index in [9.17, 15) is 14.3 Å². The number of phenolic OH excluding ortho intramolecular Hbond substituents is 1. The zero-order chi connectivity index (χ0) is 17.4. The van der Waals surface area contributed by atoms with Crippen LogP contribution in [0.15, 0.2) is 35.1 Å². The first-order valence-electron chi connectivity index (χ1n) is 6.94. The van der Waals surface area contributed by atoms with Crippen LogP contribution < -0.4 is 10.9 Å². The third kappa shape index (κ3) is 2.90. The monoisotopic (exact) mass is 367 g/mol. The smallest absolute Gasteiger partial charge is 0.262 e. The first-order chi connectivity index (χ1) is 11.4. The van der Waals surface area contributed by atoms with Crippen LogP contribution in [0.5, 0.6) is 5.75 Å². The molecule has 0 aliphatic carbocycles. The highest BCUT2D eigenvalue weighted by atomic mass is 35.5. The SMILES string of the molecule is Cn1c(CNc2ccc(F)cc2)nc2c(O)c(Cl)cc(Cl)c2c1=O. The van der Waals surface area contributed by atoms with Gasteiger partial charge in [-0.25, -0.2) is 9.37 Å². The summed E-state index contributed by atoms with van der Waals surface area (Å²) in [6.45, 7) is 0.191. The van der Waals surface area contributed by atoms with Crippen LogP contribution in [0.4, 0.5) is 10.1 Å². The van der Waals surface area contributed by atoms with E-state index in [-0.39, 0.29) is 39.1 Å². The van der Waals surface area contributed by atoms with E-state index in [2.05, 4.69) is 10.3 Å². The molecule has 0 saturated carbocycles. The zero-order valence-electron chi connectivity index (χ0n) is 12.5. The predicted octanol–water partition coefficient (Wildman–Crippen LogP) is 3.70. The summed E-state index contributed by atoms with van der Waals surface area (Å²) in [6, 6.07) is 7.08. The molecule has 1 heterocycles. The van der Waals surface area contributed by atoms with Crippen molar-refractivity contribution in [3.8, 4) is 5.75 Å². The van der Waals surface area contributed by atoms with Crippen LogP contribution in [0.1, 0.15) is 5.82 Å². The largest absolute Gasteiger partial charge is 0.504 e. The number of aromatic hydroxyl groups is 1. The van der Waals surface area contributed by atoms with Crippen LogP contribution in [0.25, 0.3) is 10.9 Å². The fraction of sp³-hybridized carbons (Fsp3) is 0.125. The lowest BCUT2D eigenvalue weighted by Gasteiger charge is -2.13. The van der Waals surface area contributed by atoms with E-state index in [4.69, 9.17) is 23.2 Å². The van der Waals surface area contributed by atoms with Crippen molar-refractivity contribution in [3.63, 3.8) is 0 Å². The van der Waals surface area contributed by atoms with Gasteiger partial charge < -0.3 is 10.4 Å². The number of halogens is 3. The number of hydrogen-bond donors (Lipinski definition) is 2. The number of nitrogens with zero attached hydrogens (tertiary/aromatic N) is 2. The van der Waals surface area contributed by atoms with Gasteiger partial charge in [0.25, 0.3) is 5.56 Å². The van der Waals surface area contributed by atoms with Crippen molar-refractivity contribution in [2.45, 2.75) is 6.54 Å². The van der Waals surface area contributed by atoms with E-state index >= 15 is 0 Å². The maximum atomic E-state index is 12.9. The van der Waals surface area contributed by atoms with Gasteiger partial charge >= 0.3 is 0 Å². The lowest BCUT2D eigenvalue weighted by atomic mass is 10.2. The summed E-state index contributed by atoms with van der Waals surface area (Å²) in [4.78, 5) is 16.8. The highest BCUT2D eigenvalue weighted by Gasteiger charge is 2.17. The Hall–Kier alpha value is -2.31. The third-order valence-electron chi connectivity index (χ3n) is 3.62. The highest BCUT2D eigenvalue weighted by Crippen LogP contribution is 2.34. The molecule has 0 spiro atoms. The topological polar surface area (TPSA) is 67.2 Å². The lowest BCUT2D eigenvalue weighted by Crippen LogP contribution is -2.24. The van der Waals surface area contributed by atoms with Gasteiger partial charge in [-0.2, -0.15) is 0 Å². The minimum Gasteiger partial charge on any atom is -0.504 e. The molecule has 3 rings (SSSR count). The second-order valence-corrected chi connectivity index (χ2v) is 5.98. The van der Waals surface area contributed by atoms with Crippen molar-refractivity contribution >= 4 is 39.8 Å². The average molecular weight is 368 g/mol. The van der Waals surface area contributed by atoms with E-state index in [1.54, 1.807) is 19.2 Å².